The summed E-state index contributed by atoms with van der Waals surface area (Å²) in [5.41, 5.74) is 1.05. The molecule has 0 aliphatic heterocycles. The summed E-state index contributed by atoms with van der Waals surface area (Å²) in [6.07, 6.45) is 2.63. The van der Waals surface area contributed by atoms with E-state index in [4.69, 9.17) is 16.3 Å². The Morgan fingerprint density at radius 1 is 1.24 bits per heavy atom. The Labute approximate surface area is 171 Å². The third-order valence-electron chi connectivity index (χ3n) is 3.31. The maximum Gasteiger partial charge on any atom is 0.191 e. The van der Waals surface area contributed by atoms with Gasteiger partial charge >= 0.3 is 0 Å². The Kier molecular flexibility index (Phi) is 10.3. The number of nitrogens with zero attached hydrogens (tertiary/aromatic N) is 2. The first-order valence-corrected chi connectivity index (χ1v) is 8.32. The van der Waals surface area contributed by atoms with Crippen LogP contribution in [-0.2, 0) is 6.42 Å². The summed E-state index contributed by atoms with van der Waals surface area (Å²) in [7, 11) is 1.75. The Balaban J connectivity index is 0.00000312. The molecule has 2 rings (SSSR count). The molecule has 0 saturated heterocycles. The van der Waals surface area contributed by atoms with E-state index in [0.29, 0.717) is 11.6 Å². The van der Waals surface area contributed by atoms with Crippen molar-refractivity contribution < 1.29 is 4.74 Å². The van der Waals surface area contributed by atoms with Crippen LogP contribution in [-0.4, -0.2) is 37.2 Å². The molecule has 1 aromatic carbocycles. The van der Waals surface area contributed by atoms with Crippen LogP contribution < -0.4 is 15.4 Å². The van der Waals surface area contributed by atoms with Crippen molar-refractivity contribution in [1.29, 1.82) is 0 Å². The van der Waals surface area contributed by atoms with E-state index in [9.17, 15) is 0 Å². The molecule has 0 bridgehead atoms. The average molecular weight is 475 g/mol. The molecule has 1 unspecified atom stereocenters. The predicted molar refractivity (Wildman–Crippen MR) is 114 cm³/mol. The van der Waals surface area contributed by atoms with Gasteiger partial charge in [0.15, 0.2) is 5.96 Å². The van der Waals surface area contributed by atoms with E-state index in [-0.39, 0.29) is 30.1 Å². The topological polar surface area (TPSA) is 58.5 Å². The van der Waals surface area contributed by atoms with Crippen LogP contribution in [0.15, 0.2) is 53.7 Å². The van der Waals surface area contributed by atoms with Gasteiger partial charge in [-0.3, -0.25) is 9.98 Å². The van der Waals surface area contributed by atoms with Gasteiger partial charge in [-0.25, -0.2) is 0 Å². The highest BCUT2D eigenvalue weighted by Gasteiger charge is 2.06. The van der Waals surface area contributed by atoms with Gasteiger partial charge in [-0.05, 0) is 37.3 Å². The number of benzene rings is 1. The van der Waals surface area contributed by atoms with Crippen LogP contribution in [0.4, 0.5) is 0 Å². The highest BCUT2D eigenvalue weighted by Crippen LogP contribution is 2.18. The number of halogens is 2. The van der Waals surface area contributed by atoms with Crippen LogP contribution >= 0.6 is 35.6 Å². The van der Waals surface area contributed by atoms with Gasteiger partial charge in [-0.2, -0.15) is 0 Å². The van der Waals surface area contributed by atoms with Crippen molar-refractivity contribution in [2.45, 2.75) is 19.4 Å². The fraction of sp³-hybridized carbons (Fsp3) is 0.333. The van der Waals surface area contributed by atoms with Crippen molar-refractivity contribution >= 4 is 41.5 Å². The van der Waals surface area contributed by atoms with Crippen molar-refractivity contribution in [2.24, 2.45) is 4.99 Å². The molecule has 0 saturated carbocycles. The first-order valence-electron chi connectivity index (χ1n) is 7.94. The van der Waals surface area contributed by atoms with Crippen LogP contribution in [0.3, 0.4) is 0 Å². The minimum Gasteiger partial charge on any atom is -0.489 e. The summed E-state index contributed by atoms with van der Waals surface area (Å²) in [5, 5.41) is 7.19. The van der Waals surface area contributed by atoms with E-state index >= 15 is 0 Å². The number of nitrogens with one attached hydrogen (secondary N) is 2. The molecule has 5 nitrogen and oxygen atoms in total. The molecule has 136 valence electrons. The van der Waals surface area contributed by atoms with Crippen molar-refractivity contribution in [2.75, 3.05) is 20.1 Å². The standard InChI is InChI=1S/C18H23ClN4O.HI/c1-14(24-17-8-5-6-15(19)12-17)13-23-18(20-2)22-11-9-16-7-3-4-10-21-16;/h3-8,10,12,14H,9,11,13H2,1-2H3,(H2,20,22,23);1H. The van der Waals surface area contributed by atoms with Crippen molar-refractivity contribution in [3.05, 3.63) is 59.4 Å². The zero-order chi connectivity index (χ0) is 17.2. The minimum absolute atomic E-state index is 0. The number of aliphatic imine (C=N–C) groups is 1. The summed E-state index contributed by atoms with van der Waals surface area (Å²) in [5.74, 6) is 1.50. The summed E-state index contributed by atoms with van der Waals surface area (Å²) in [6, 6.07) is 13.3. The molecule has 7 heteroatoms. The molecular weight excluding hydrogens is 451 g/mol. The third-order valence-corrected chi connectivity index (χ3v) is 3.55. The third kappa shape index (κ3) is 8.40. The Bertz CT molecular complexity index is 655. The molecule has 2 N–H and O–H groups in total. The molecule has 0 aliphatic rings. The van der Waals surface area contributed by atoms with Gasteiger partial charge in [0.2, 0.25) is 0 Å². The Morgan fingerprint density at radius 2 is 2.08 bits per heavy atom. The molecule has 1 aromatic heterocycles. The molecule has 0 fully saturated rings. The van der Waals surface area contributed by atoms with Crippen molar-refractivity contribution in [3.8, 4) is 5.75 Å². The quantitative estimate of drug-likeness (QED) is 0.366. The average Bonchev–Trinajstić information content (AvgIpc) is 2.59. The maximum atomic E-state index is 5.96. The number of hydrogen-bond donors (Lipinski definition) is 2. The maximum absolute atomic E-state index is 5.96. The summed E-state index contributed by atoms with van der Waals surface area (Å²) < 4.78 is 5.82. The molecule has 0 radical (unpaired) electrons. The second-order valence-corrected chi connectivity index (χ2v) is 5.77. The predicted octanol–water partition coefficient (Wildman–Crippen LogP) is 3.53. The molecule has 1 atom stereocenters. The van der Waals surface area contributed by atoms with E-state index < -0.39 is 0 Å². The van der Waals surface area contributed by atoms with E-state index in [0.717, 1.165) is 30.4 Å². The van der Waals surface area contributed by atoms with Crippen LogP contribution in [0.5, 0.6) is 5.75 Å². The van der Waals surface area contributed by atoms with Gasteiger partial charge in [0.05, 0.1) is 6.54 Å². The monoisotopic (exact) mass is 474 g/mol. The summed E-state index contributed by atoms with van der Waals surface area (Å²) >= 11 is 5.96. The SMILES string of the molecule is CN=C(NCCc1ccccn1)NCC(C)Oc1cccc(Cl)c1.I. The van der Waals surface area contributed by atoms with Crippen molar-refractivity contribution in [3.63, 3.8) is 0 Å². The largest absolute Gasteiger partial charge is 0.489 e. The van der Waals surface area contributed by atoms with Gasteiger partial charge < -0.3 is 15.4 Å². The van der Waals surface area contributed by atoms with Crippen LogP contribution in [0, 0.1) is 0 Å². The van der Waals surface area contributed by atoms with Gasteiger partial charge in [-0.15, -0.1) is 24.0 Å². The van der Waals surface area contributed by atoms with E-state index in [1.165, 1.54) is 0 Å². The van der Waals surface area contributed by atoms with E-state index in [1.807, 2.05) is 43.3 Å². The van der Waals surface area contributed by atoms with E-state index in [2.05, 4.69) is 20.6 Å². The first kappa shape index (κ1) is 21.5. The number of pyridine rings is 1. The Morgan fingerprint density at radius 3 is 2.76 bits per heavy atom. The Hall–Kier alpha value is -1.54. The van der Waals surface area contributed by atoms with E-state index in [1.54, 1.807) is 19.3 Å². The number of hydrogen-bond acceptors (Lipinski definition) is 3. The van der Waals surface area contributed by atoms with Crippen molar-refractivity contribution in [1.82, 2.24) is 15.6 Å². The summed E-state index contributed by atoms with van der Waals surface area (Å²) in [4.78, 5) is 8.51. The van der Waals surface area contributed by atoms with Crippen LogP contribution in [0.2, 0.25) is 5.02 Å². The molecule has 0 spiro atoms. The lowest BCUT2D eigenvalue weighted by Crippen LogP contribution is -2.42. The minimum atomic E-state index is -0.0159. The fourth-order valence-corrected chi connectivity index (χ4v) is 2.31. The second-order valence-electron chi connectivity index (χ2n) is 5.34. The molecule has 0 amide bonds. The number of ether oxygens (including phenoxy) is 1. The number of guanidine groups is 1. The number of rotatable bonds is 7. The molecular formula is C18H24ClIN4O. The normalized spacial score (nSPS) is 12.0. The van der Waals surface area contributed by atoms with Gasteiger partial charge in [-0.1, -0.05) is 23.7 Å². The first-order chi connectivity index (χ1) is 11.7. The molecule has 25 heavy (non-hydrogen) atoms. The van der Waals surface area contributed by atoms with Gasteiger partial charge in [0, 0.05) is 36.9 Å². The zero-order valence-corrected chi connectivity index (χ0v) is 17.5. The zero-order valence-electron chi connectivity index (χ0n) is 14.4. The summed E-state index contributed by atoms with van der Waals surface area (Å²) in [6.45, 7) is 3.39. The lowest BCUT2D eigenvalue weighted by molar-refractivity contribution is 0.224. The highest BCUT2D eigenvalue weighted by molar-refractivity contribution is 14.0. The van der Waals surface area contributed by atoms with Crippen LogP contribution in [0.1, 0.15) is 12.6 Å². The second kappa shape index (κ2) is 11.9. The molecule has 2 aromatic rings. The lowest BCUT2D eigenvalue weighted by atomic mass is 10.3. The highest BCUT2D eigenvalue weighted by atomic mass is 127. The molecule has 1 heterocycles. The van der Waals surface area contributed by atoms with Gasteiger partial charge in [0.1, 0.15) is 11.9 Å². The molecule has 0 aliphatic carbocycles. The van der Waals surface area contributed by atoms with Gasteiger partial charge in [0.25, 0.3) is 0 Å². The lowest BCUT2D eigenvalue weighted by Gasteiger charge is -2.17. The number of aromatic nitrogens is 1. The smallest absolute Gasteiger partial charge is 0.191 e. The fourth-order valence-electron chi connectivity index (χ4n) is 2.13. The van der Waals surface area contributed by atoms with Crippen LogP contribution in [0.25, 0.3) is 0 Å².